The van der Waals surface area contributed by atoms with Crippen LogP contribution in [-0.2, 0) is 4.79 Å². The summed E-state index contributed by atoms with van der Waals surface area (Å²) in [4.78, 5) is 27.3. The maximum Gasteiger partial charge on any atom is 0.251 e. The molecule has 2 N–H and O–H groups in total. The molecule has 1 saturated heterocycles. The van der Waals surface area contributed by atoms with E-state index < -0.39 is 0 Å². The summed E-state index contributed by atoms with van der Waals surface area (Å²) in [5, 5.41) is 5.62. The van der Waals surface area contributed by atoms with Crippen LogP contribution in [0.2, 0.25) is 0 Å². The zero-order valence-corrected chi connectivity index (χ0v) is 18.8. The average Bonchev–Trinajstić information content (AvgIpc) is 3.37. The number of amides is 2. The number of likely N-dealkylation sites (tertiary alicyclic amines) is 1. The zero-order chi connectivity index (χ0) is 22.9. The van der Waals surface area contributed by atoms with Gasteiger partial charge < -0.3 is 24.8 Å². The van der Waals surface area contributed by atoms with Crippen LogP contribution in [0.4, 0.5) is 0 Å². The predicted octanol–water partition coefficient (Wildman–Crippen LogP) is 2.40. The number of ether oxygens (including phenoxy) is 3. The van der Waals surface area contributed by atoms with Crippen molar-refractivity contribution in [2.24, 2.45) is 0 Å². The van der Waals surface area contributed by atoms with Crippen molar-refractivity contribution in [2.75, 3.05) is 47.5 Å². The van der Waals surface area contributed by atoms with Gasteiger partial charge in [-0.1, -0.05) is 18.2 Å². The van der Waals surface area contributed by atoms with Crippen molar-refractivity contribution in [3.05, 3.63) is 53.6 Å². The number of benzene rings is 2. The van der Waals surface area contributed by atoms with Gasteiger partial charge >= 0.3 is 0 Å². The Hall–Kier alpha value is -3.26. The van der Waals surface area contributed by atoms with Gasteiger partial charge in [0.1, 0.15) is 5.75 Å². The summed E-state index contributed by atoms with van der Waals surface area (Å²) in [5.41, 5.74) is 1.44. The molecule has 1 aliphatic rings. The van der Waals surface area contributed by atoms with Crippen LogP contribution in [0.25, 0.3) is 0 Å². The van der Waals surface area contributed by atoms with Gasteiger partial charge in [-0.2, -0.15) is 0 Å². The average molecular weight is 442 g/mol. The van der Waals surface area contributed by atoms with E-state index in [1.165, 1.54) is 14.2 Å². The Morgan fingerprint density at radius 2 is 1.59 bits per heavy atom. The third-order valence-electron chi connectivity index (χ3n) is 5.63. The number of carbonyl (C=O) groups excluding carboxylic acids is 2. The first-order valence-electron chi connectivity index (χ1n) is 10.7. The molecule has 1 atom stereocenters. The lowest BCUT2D eigenvalue weighted by atomic mass is 10.0. The highest BCUT2D eigenvalue weighted by Crippen LogP contribution is 2.31. The maximum absolute atomic E-state index is 12.5. The fourth-order valence-electron chi connectivity index (χ4n) is 3.94. The lowest BCUT2D eigenvalue weighted by Gasteiger charge is -2.29. The molecule has 3 rings (SSSR count). The summed E-state index contributed by atoms with van der Waals surface area (Å²) in [6.45, 7) is 2.28. The van der Waals surface area contributed by atoms with E-state index in [2.05, 4.69) is 15.5 Å². The van der Waals surface area contributed by atoms with E-state index in [-0.39, 0.29) is 24.4 Å². The number of hydrogen-bond acceptors (Lipinski definition) is 6. The van der Waals surface area contributed by atoms with Crippen LogP contribution in [0.5, 0.6) is 17.2 Å². The Morgan fingerprint density at radius 3 is 2.28 bits per heavy atom. The van der Waals surface area contributed by atoms with E-state index in [4.69, 9.17) is 14.2 Å². The van der Waals surface area contributed by atoms with Gasteiger partial charge in [-0.3, -0.25) is 14.5 Å². The minimum atomic E-state index is -0.359. The number of carbonyl (C=O) groups is 2. The molecule has 0 aliphatic carbocycles. The van der Waals surface area contributed by atoms with Crippen molar-refractivity contribution in [2.45, 2.75) is 18.9 Å². The van der Waals surface area contributed by atoms with E-state index in [0.29, 0.717) is 23.6 Å². The quantitative estimate of drug-likeness (QED) is 0.589. The van der Waals surface area contributed by atoms with E-state index in [1.54, 1.807) is 25.3 Å². The first kappa shape index (κ1) is 23.4. The first-order chi connectivity index (χ1) is 15.6. The third-order valence-corrected chi connectivity index (χ3v) is 5.63. The normalized spacial score (nSPS) is 14.5. The van der Waals surface area contributed by atoms with Gasteiger partial charge in [-0.05, 0) is 50.2 Å². The van der Waals surface area contributed by atoms with E-state index in [0.717, 1.165) is 37.2 Å². The fourth-order valence-corrected chi connectivity index (χ4v) is 3.94. The lowest BCUT2D eigenvalue weighted by Crippen LogP contribution is -2.41. The Balaban J connectivity index is 1.59. The molecule has 172 valence electrons. The Bertz CT molecular complexity index is 928. The van der Waals surface area contributed by atoms with Crippen molar-refractivity contribution >= 4 is 11.8 Å². The number of rotatable bonds is 10. The van der Waals surface area contributed by atoms with E-state index in [1.807, 2.05) is 24.3 Å². The number of para-hydroxylation sites is 1. The largest absolute Gasteiger partial charge is 0.496 e. The third kappa shape index (κ3) is 5.70. The van der Waals surface area contributed by atoms with Gasteiger partial charge in [0.2, 0.25) is 5.91 Å². The monoisotopic (exact) mass is 441 g/mol. The summed E-state index contributed by atoms with van der Waals surface area (Å²) in [7, 11) is 4.69. The molecular weight excluding hydrogens is 410 g/mol. The standard InChI is InChI=1S/C24H31N3O5/c1-30-20-9-5-4-8-18(20)19(27-12-6-7-13-27)15-25-23(28)16-26-24(29)17-10-11-21(31-2)22(14-17)32-3/h4-5,8-11,14,19H,6-7,12-13,15-16H2,1-3H3,(H,25,28)(H,26,29). The molecule has 1 fully saturated rings. The van der Waals surface area contributed by atoms with Crippen LogP contribution in [-0.4, -0.2) is 64.2 Å². The van der Waals surface area contributed by atoms with Crippen molar-refractivity contribution in [1.29, 1.82) is 0 Å². The van der Waals surface area contributed by atoms with Gasteiger partial charge in [0.15, 0.2) is 11.5 Å². The van der Waals surface area contributed by atoms with Crippen LogP contribution in [0.3, 0.4) is 0 Å². The van der Waals surface area contributed by atoms with Gasteiger partial charge in [0, 0.05) is 17.7 Å². The molecule has 1 aliphatic heterocycles. The molecule has 2 amide bonds. The summed E-state index contributed by atoms with van der Waals surface area (Å²) in [6.07, 6.45) is 2.28. The first-order valence-corrected chi connectivity index (χ1v) is 10.7. The Morgan fingerprint density at radius 1 is 0.906 bits per heavy atom. The molecule has 2 aromatic carbocycles. The van der Waals surface area contributed by atoms with Crippen LogP contribution in [0, 0.1) is 0 Å². The molecule has 0 spiro atoms. The molecule has 2 aromatic rings. The summed E-state index contributed by atoms with van der Waals surface area (Å²) in [6, 6.07) is 12.8. The van der Waals surface area contributed by atoms with Crippen molar-refractivity contribution in [1.82, 2.24) is 15.5 Å². The highest BCUT2D eigenvalue weighted by atomic mass is 16.5. The SMILES string of the molecule is COc1ccc(C(=O)NCC(=O)NCC(c2ccccc2OC)N2CCCC2)cc1OC. The highest BCUT2D eigenvalue weighted by Gasteiger charge is 2.26. The lowest BCUT2D eigenvalue weighted by molar-refractivity contribution is -0.120. The molecular formula is C24H31N3O5. The van der Waals surface area contributed by atoms with Crippen molar-refractivity contribution in [3.63, 3.8) is 0 Å². The molecule has 32 heavy (non-hydrogen) atoms. The van der Waals surface area contributed by atoms with Gasteiger partial charge in [0.25, 0.3) is 5.91 Å². The number of nitrogens with zero attached hydrogens (tertiary/aromatic N) is 1. The summed E-state index contributed by atoms with van der Waals surface area (Å²) in [5.74, 6) is 1.18. The molecule has 0 aromatic heterocycles. The summed E-state index contributed by atoms with van der Waals surface area (Å²) >= 11 is 0. The topological polar surface area (TPSA) is 89.1 Å². The van der Waals surface area contributed by atoms with Gasteiger partial charge in [-0.25, -0.2) is 0 Å². The van der Waals surface area contributed by atoms with Crippen molar-refractivity contribution < 1.29 is 23.8 Å². The second kappa shape index (κ2) is 11.4. The summed E-state index contributed by atoms with van der Waals surface area (Å²) < 4.78 is 16.0. The van der Waals surface area contributed by atoms with Crippen LogP contribution >= 0.6 is 0 Å². The van der Waals surface area contributed by atoms with Gasteiger partial charge in [-0.15, -0.1) is 0 Å². The molecule has 0 radical (unpaired) electrons. The van der Waals surface area contributed by atoms with E-state index >= 15 is 0 Å². The number of hydrogen-bond donors (Lipinski definition) is 2. The fraction of sp³-hybridized carbons (Fsp3) is 0.417. The molecule has 8 heteroatoms. The molecule has 0 saturated carbocycles. The van der Waals surface area contributed by atoms with Crippen LogP contribution in [0.1, 0.15) is 34.8 Å². The molecule has 8 nitrogen and oxygen atoms in total. The number of nitrogens with one attached hydrogen (secondary N) is 2. The molecule has 0 bridgehead atoms. The zero-order valence-electron chi connectivity index (χ0n) is 18.8. The maximum atomic E-state index is 12.5. The van der Waals surface area contributed by atoms with Gasteiger partial charge in [0.05, 0.1) is 33.9 Å². The molecule has 1 unspecified atom stereocenters. The Kier molecular flexibility index (Phi) is 8.33. The molecule has 1 heterocycles. The number of methoxy groups -OCH3 is 3. The van der Waals surface area contributed by atoms with Crippen LogP contribution in [0.15, 0.2) is 42.5 Å². The second-order valence-corrected chi connectivity index (χ2v) is 7.56. The smallest absolute Gasteiger partial charge is 0.251 e. The van der Waals surface area contributed by atoms with Crippen LogP contribution < -0.4 is 24.8 Å². The van der Waals surface area contributed by atoms with Crippen molar-refractivity contribution in [3.8, 4) is 17.2 Å². The minimum absolute atomic E-state index is 0.0131. The highest BCUT2D eigenvalue weighted by molar-refractivity contribution is 5.97. The van der Waals surface area contributed by atoms with E-state index in [9.17, 15) is 9.59 Å². The predicted molar refractivity (Wildman–Crippen MR) is 121 cm³/mol. The second-order valence-electron chi connectivity index (χ2n) is 7.56. The Labute approximate surface area is 188 Å². The minimum Gasteiger partial charge on any atom is -0.496 e.